The van der Waals surface area contributed by atoms with Crippen LogP contribution in [0.2, 0.25) is 0 Å². The Kier molecular flexibility index (Phi) is 6.12. The Morgan fingerprint density at radius 3 is 2.52 bits per heavy atom. The monoisotopic (exact) mass is 467 g/mol. The number of nitrogens with one attached hydrogen (secondary N) is 2. The molecule has 12 heteroatoms. The van der Waals surface area contributed by atoms with E-state index < -0.39 is 60.1 Å². The van der Waals surface area contributed by atoms with Crippen LogP contribution in [0.1, 0.15) is 5.56 Å². The number of aliphatic hydroxyl groups excluding tert-OH is 4. The molecule has 1 aliphatic heterocycles. The van der Waals surface area contributed by atoms with Gasteiger partial charge in [-0.15, -0.1) is 0 Å². The van der Waals surface area contributed by atoms with Crippen LogP contribution in [-0.2, 0) is 10.9 Å². The molecule has 33 heavy (non-hydrogen) atoms. The van der Waals surface area contributed by atoms with E-state index in [-0.39, 0.29) is 22.3 Å². The Morgan fingerprint density at radius 2 is 1.88 bits per heavy atom. The molecule has 1 saturated heterocycles. The standard InChI is InChI=1S/C21H20F3N3O6/c22-21(23,24)15-10-5-4-9(26-16-18(30)17(29)13(8-28)33-20(16)32)7-12(10)27-19(31)14(15)11-3-1-2-6-25-11/h1-7,13,16-18,20,26,28-30,32H,8H2,(H,27,31)/t13?,16-,17+,18?,20?/m0/s1. The van der Waals surface area contributed by atoms with Crippen LogP contribution in [0.15, 0.2) is 47.4 Å². The third-order valence-corrected chi connectivity index (χ3v) is 5.45. The molecule has 1 aliphatic rings. The Labute approximate surface area is 184 Å². The second-order valence-corrected chi connectivity index (χ2v) is 7.58. The number of aromatic amines is 1. The van der Waals surface area contributed by atoms with Crippen LogP contribution in [0.3, 0.4) is 0 Å². The van der Waals surface area contributed by atoms with Crippen molar-refractivity contribution in [1.29, 1.82) is 0 Å². The minimum Gasteiger partial charge on any atom is -0.394 e. The molecule has 3 aromatic rings. The van der Waals surface area contributed by atoms with Crippen molar-refractivity contribution in [2.45, 2.75) is 36.8 Å². The number of pyridine rings is 2. The van der Waals surface area contributed by atoms with Crippen molar-refractivity contribution in [3.8, 4) is 11.3 Å². The number of aliphatic hydroxyl groups is 4. The van der Waals surface area contributed by atoms with Gasteiger partial charge in [0.2, 0.25) is 0 Å². The molecule has 0 aliphatic carbocycles. The molecule has 3 unspecified atom stereocenters. The zero-order valence-electron chi connectivity index (χ0n) is 16.8. The lowest BCUT2D eigenvalue weighted by Crippen LogP contribution is -2.61. The number of rotatable bonds is 4. The van der Waals surface area contributed by atoms with Gasteiger partial charge in [-0.1, -0.05) is 12.1 Å². The molecule has 176 valence electrons. The molecule has 0 spiro atoms. The smallest absolute Gasteiger partial charge is 0.394 e. The molecule has 1 fully saturated rings. The van der Waals surface area contributed by atoms with E-state index in [4.69, 9.17) is 9.84 Å². The number of alkyl halides is 3. The molecule has 0 saturated carbocycles. The van der Waals surface area contributed by atoms with Crippen molar-refractivity contribution in [2.24, 2.45) is 0 Å². The van der Waals surface area contributed by atoms with Gasteiger partial charge in [-0.05, 0) is 24.3 Å². The first-order chi connectivity index (χ1) is 15.6. The summed E-state index contributed by atoms with van der Waals surface area (Å²) in [6.07, 6.45) is -9.49. The Bertz CT molecular complexity index is 1200. The average Bonchev–Trinajstić information content (AvgIpc) is 2.78. The quantitative estimate of drug-likeness (QED) is 0.331. The third-order valence-electron chi connectivity index (χ3n) is 5.45. The summed E-state index contributed by atoms with van der Waals surface area (Å²) in [6, 6.07) is 6.64. The maximum atomic E-state index is 14.0. The number of halogens is 3. The van der Waals surface area contributed by atoms with Crippen molar-refractivity contribution in [3.05, 3.63) is 58.5 Å². The molecule has 0 bridgehead atoms. The number of nitrogens with zero attached hydrogens (tertiary/aromatic N) is 1. The number of anilines is 1. The van der Waals surface area contributed by atoms with Crippen molar-refractivity contribution in [1.82, 2.24) is 9.97 Å². The summed E-state index contributed by atoms with van der Waals surface area (Å²) in [7, 11) is 0. The van der Waals surface area contributed by atoms with Gasteiger partial charge in [0.05, 0.1) is 28.9 Å². The molecule has 6 N–H and O–H groups in total. The summed E-state index contributed by atoms with van der Waals surface area (Å²) < 4.78 is 47.1. The van der Waals surface area contributed by atoms with Gasteiger partial charge in [0.15, 0.2) is 6.29 Å². The van der Waals surface area contributed by atoms with Crippen molar-refractivity contribution >= 4 is 16.6 Å². The fourth-order valence-electron chi connectivity index (χ4n) is 3.88. The first-order valence-corrected chi connectivity index (χ1v) is 9.87. The molecule has 3 heterocycles. The summed E-state index contributed by atoms with van der Waals surface area (Å²) >= 11 is 0. The number of hydrogen-bond acceptors (Lipinski definition) is 8. The average molecular weight is 467 g/mol. The van der Waals surface area contributed by atoms with E-state index in [1.165, 1.54) is 36.5 Å². The van der Waals surface area contributed by atoms with Gasteiger partial charge in [0, 0.05) is 17.3 Å². The van der Waals surface area contributed by atoms with E-state index in [9.17, 15) is 33.3 Å². The highest BCUT2D eigenvalue weighted by Gasteiger charge is 2.44. The van der Waals surface area contributed by atoms with E-state index >= 15 is 0 Å². The van der Waals surface area contributed by atoms with Crippen molar-refractivity contribution in [2.75, 3.05) is 11.9 Å². The highest BCUT2D eigenvalue weighted by atomic mass is 19.4. The molecule has 0 amide bonds. The van der Waals surface area contributed by atoms with E-state index in [2.05, 4.69) is 15.3 Å². The van der Waals surface area contributed by atoms with Crippen LogP contribution in [0.5, 0.6) is 0 Å². The maximum absolute atomic E-state index is 14.0. The molecule has 0 radical (unpaired) electrons. The number of fused-ring (bicyclic) bond motifs is 1. The number of hydrogen-bond donors (Lipinski definition) is 6. The van der Waals surface area contributed by atoms with Gasteiger partial charge in [0.25, 0.3) is 5.56 Å². The first kappa shape index (κ1) is 23.1. The number of benzene rings is 1. The summed E-state index contributed by atoms with van der Waals surface area (Å²) in [4.78, 5) is 18.9. The van der Waals surface area contributed by atoms with E-state index in [1.54, 1.807) is 0 Å². The van der Waals surface area contributed by atoms with Crippen molar-refractivity contribution < 1.29 is 38.3 Å². The zero-order chi connectivity index (χ0) is 23.9. The highest BCUT2D eigenvalue weighted by molar-refractivity contribution is 5.90. The minimum atomic E-state index is -4.86. The van der Waals surface area contributed by atoms with Crippen LogP contribution >= 0.6 is 0 Å². The van der Waals surface area contributed by atoms with Gasteiger partial charge in [-0.25, -0.2) is 0 Å². The lowest BCUT2D eigenvalue weighted by molar-refractivity contribution is -0.245. The Morgan fingerprint density at radius 1 is 1.12 bits per heavy atom. The summed E-state index contributed by atoms with van der Waals surface area (Å²) in [5.74, 6) is 0. The lowest BCUT2D eigenvalue weighted by Gasteiger charge is -2.40. The van der Waals surface area contributed by atoms with E-state index in [1.807, 2.05) is 0 Å². The fourth-order valence-corrected chi connectivity index (χ4v) is 3.88. The minimum absolute atomic E-state index is 0.131. The number of H-pyrrole nitrogens is 1. The van der Waals surface area contributed by atoms with E-state index in [0.717, 1.165) is 6.07 Å². The molecule has 2 aromatic heterocycles. The van der Waals surface area contributed by atoms with Gasteiger partial charge >= 0.3 is 6.18 Å². The predicted molar refractivity (Wildman–Crippen MR) is 110 cm³/mol. The summed E-state index contributed by atoms with van der Waals surface area (Å²) in [5.41, 5.74) is -2.89. The zero-order valence-corrected chi connectivity index (χ0v) is 16.8. The second-order valence-electron chi connectivity index (χ2n) is 7.58. The topological polar surface area (TPSA) is 148 Å². The second kappa shape index (κ2) is 8.72. The molecular formula is C21H20F3N3O6. The van der Waals surface area contributed by atoms with Gasteiger partial charge in [0.1, 0.15) is 24.4 Å². The van der Waals surface area contributed by atoms with E-state index in [0.29, 0.717) is 0 Å². The van der Waals surface area contributed by atoms with Crippen LogP contribution in [0, 0.1) is 0 Å². The van der Waals surface area contributed by atoms with Gasteiger partial charge in [-0.2, -0.15) is 13.2 Å². The SMILES string of the molecule is O=c1[nH]c2cc(N[C@@H]3C(O)OC(CO)[C@@H](O)C3O)ccc2c(C(F)(F)F)c1-c1ccccn1. The first-order valence-electron chi connectivity index (χ1n) is 9.87. The molecular weight excluding hydrogens is 447 g/mol. The van der Waals surface area contributed by atoms with Crippen LogP contribution in [-0.4, -0.2) is 67.6 Å². The summed E-state index contributed by atoms with van der Waals surface area (Å²) in [5, 5.41) is 41.9. The predicted octanol–water partition coefficient (Wildman–Crippen LogP) is 0.821. The maximum Gasteiger partial charge on any atom is 0.417 e. The molecule has 9 nitrogen and oxygen atoms in total. The third kappa shape index (κ3) is 4.30. The van der Waals surface area contributed by atoms with Crippen molar-refractivity contribution in [3.63, 3.8) is 0 Å². The number of aromatic nitrogens is 2. The Balaban J connectivity index is 1.77. The number of ether oxygens (including phenoxy) is 1. The van der Waals surface area contributed by atoms with Gasteiger partial charge in [-0.3, -0.25) is 9.78 Å². The highest BCUT2D eigenvalue weighted by Crippen LogP contribution is 2.39. The lowest BCUT2D eigenvalue weighted by atomic mass is 9.96. The largest absolute Gasteiger partial charge is 0.417 e. The summed E-state index contributed by atoms with van der Waals surface area (Å²) in [6.45, 7) is -0.641. The Hall–Kier alpha value is -3.03. The molecule has 5 atom stereocenters. The normalized spacial score (nSPS) is 25.8. The fraction of sp³-hybridized carbons (Fsp3) is 0.333. The molecule has 4 rings (SSSR count). The van der Waals surface area contributed by atoms with Crippen LogP contribution in [0.4, 0.5) is 18.9 Å². The van der Waals surface area contributed by atoms with Gasteiger partial charge < -0.3 is 35.5 Å². The molecule has 1 aromatic carbocycles. The van der Waals surface area contributed by atoms with Crippen LogP contribution in [0.25, 0.3) is 22.2 Å². The van der Waals surface area contributed by atoms with Crippen LogP contribution < -0.4 is 10.9 Å².